The van der Waals surface area contributed by atoms with Crippen LogP contribution in [0.3, 0.4) is 0 Å². The summed E-state index contributed by atoms with van der Waals surface area (Å²) in [6, 6.07) is 0. The Kier molecular flexibility index (Phi) is 3.23. The standard InChI is InChI=1S/C11H22N2/c12-8-10-7-11(10)9-13-5-3-1-2-4-6-13/h10-11H,1-9,12H2. The summed E-state index contributed by atoms with van der Waals surface area (Å²) >= 11 is 0. The average molecular weight is 182 g/mol. The highest BCUT2D eigenvalue weighted by molar-refractivity contribution is 4.89. The molecule has 2 N–H and O–H groups in total. The van der Waals surface area contributed by atoms with E-state index in [4.69, 9.17) is 5.73 Å². The molecule has 0 aromatic carbocycles. The van der Waals surface area contributed by atoms with Crippen molar-refractivity contribution in [1.82, 2.24) is 4.90 Å². The highest BCUT2D eigenvalue weighted by Gasteiger charge is 2.36. The molecule has 0 spiro atoms. The zero-order chi connectivity index (χ0) is 9.10. The van der Waals surface area contributed by atoms with Gasteiger partial charge in [0.05, 0.1) is 0 Å². The lowest BCUT2D eigenvalue weighted by atomic mass is 10.2. The van der Waals surface area contributed by atoms with Gasteiger partial charge in [-0.3, -0.25) is 0 Å². The van der Waals surface area contributed by atoms with Gasteiger partial charge >= 0.3 is 0 Å². The zero-order valence-electron chi connectivity index (χ0n) is 8.54. The molecule has 2 unspecified atom stereocenters. The molecule has 1 aliphatic heterocycles. The number of rotatable bonds is 3. The van der Waals surface area contributed by atoms with Crippen molar-refractivity contribution in [2.75, 3.05) is 26.2 Å². The van der Waals surface area contributed by atoms with Gasteiger partial charge in [-0.25, -0.2) is 0 Å². The van der Waals surface area contributed by atoms with E-state index in [0.29, 0.717) is 0 Å². The molecule has 1 saturated carbocycles. The van der Waals surface area contributed by atoms with Gasteiger partial charge in [0.2, 0.25) is 0 Å². The third kappa shape index (κ3) is 2.68. The second-order valence-electron chi connectivity index (χ2n) is 4.71. The lowest BCUT2D eigenvalue weighted by molar-refractivity contribution is 0.269. The molecule has 2 fully saturated rings. The Bertz CT molecular complexity index is 150. The van der Waals surface area contributed by atoms with Crippen LogP contribution in [0.5, 0.6) is 0 Å². The van der Waals surface area contributed by atoms with Crippen LogP contribution >= 0.6 is 0 Å². The van der Waals surface area contributed by atoms with E-state index in [0.717, 1.165) is 18.4 Å². The lowest BCUT2D eigenvalue weighted by Gasteiger charge is -2.19. The van der Waals surface area contributed by atoms with Gasteiger partial charge in [-0.1, -0.05) is 12.8 Å². The highest BCUT2D eigenvalue weighted by atomic mass is 15.1. The fourth-order valence-corrected chi connectivity index (χ4v) is 2.47. The van der Waals surface area contributed by atoms with Crippen molar-refractivity contribution in [2.45, 2.75) is 32.1 Å². The number of likely N-dealkylation sites (tertiary alicyclic amines) is 1. The van der Waals surface area contributed by atoms with Gasteiger partial charge in [0.15, 0.2) is 0 Å². The van der Waals surface area contributed by atoms with Gasteiger partial charge in [-0.15, -0.1) is 0 Å². The maximum Gasteiger partial charge on any atom is 0.00129 e. The van der Waals surface area contributed by atoms with Crippen molar-refractivity contribution in [3.63, 3.8) is 0 Å². The van der Waals surface area contributed by atoms with Crippen LogP contribution in [-0.4, -0.2) is 31.1 Å². The molecule has 1 saturated heterocycles. The maximum atomic E-state index is 5.64. The summed E-state index contributed by atoms with van der Waals surface area (Å²) < 4.78 is 0. The van der Waals surface area contributed by atoms with Crippen molar-refractivity contribution < 1.29 is 0 Å². The minimum atomic E-state index is 0.864. The summed E-state index contributed by atoms with van der Waals surface area (Å²) in [4.78, 5) is 2.66. The minimum absolute atomic E-state index is 0.864. The molecule has 0 bridgehead atoms. The molecule has 0 amide bonds. The van der Waals surface area contributed by atoms with Gasteiger partial charge < -0.3 is 10.6 Å². The Balaban J connectivity index is 1.68. The van der Waals surface area contributed by atoms with E-state index >= 15 is 0 Å². The van der Waals surface area contributed by atoms with Crippen molar-refractivity contribution in [3.05, 3.63) is 0 Å². The first kappa shape index (κ1) is 9.47. The Morgan fingerprint density at radius 1 is 1.00 bits per heavy atom. The second-order valence-corrected chi connectivity index (χ2v) is 4.71. The number of hydrogen-bond donors (Lipinski definition) is 1. The highest BCUT2D eigenvalue weighted by Crippen LogP contribution is 2.38. The summed E-state index contributed by atoms with van der Waals surface area (Å²) in [5.41, 5.74) is 5.64. The normalized spacial score (nSPS) is 35.8. The number of nitrogens with zero attached hydrogens (tertiary/aromatic N) is 1. The fourth-order valence-electron chi connectivity index (χ4n) is 2.47. The molecule has 2 atom stereocenters. The fraction of sp³-hybridized carbons (Fsp3) is 1.00. The maximum absolute atomic E-state index is 5.64. The monoisotopic (exact) mass is 182 g/mol. The Labute approximate surface area is 81.5 Å². The third-order valence-electron chi connectivity index (χ3n) is 3.56. The zero-order valence-corrected chi connectivity index (χ0v) is 8.54. The summed E-state index contributed by atoms with van der Waals surface area (Å²) in [7, 11) is 0. The average Bonchev–Trinajstić information content (AvgIpc) is 2.90. The van der Waals surface area contributed by atoms with Crippen LogP contribution in [-0.2, 0) is 0 Å². The topological polar surface area (TPSA) is 29.3 Å². The van der Waals surface area contributed by atoms with E-state index in [2.05, 4.69) is 4.90 Å². The molecule has 1 aliphatic carbocycles. The molecule has 1 heterocycles. The van der Waals surface area contributed by atoms with E-state index < -0.39 is 0 Å². The van der Waals surface area contributed by atoms with Crippen LogP contribution in [0.1, 0.15) is 32.1 Å². The van der Waals surface area contributed by atoms with Crippen LogP contribution in [0.15, 0.2) is 0 Å². The summed E-state index contributed by atoms with van der Waals surface area (Å²) in [5.74, 6) is 1.81. The molecule has 0 aromatic heterocycles. The first-order chi connectivity index (χ1) is 6.40. The van der Waals surface area contributed by atoms with Crippen molar-refractivity contribution in [1.29, 1.82) is 0 Å². The Morgan fingerprint density at radius 3 is 2.23 bits per heavy atom. The van der Waals surface area contributed by atoms with Crippen LogP contribution in [0.2, 0.25) is 0 Å². The van der Waals surface area contributed by atoms with E-state index in [-0.39, 0.29) is 0 Å². The SMILES string of the molecule is NCC1CC1CN1CCCCCC1. The smallest absolute Gasteiger partial charge is 0.00129 e. The molecule has 0 aromatic rings. The molecule has 13 heavy (non-hydrogen) atoms. The molecule has 2 rings (SSSR count). The molecule has 2 aliphatic rings. The van der Waals surface area contributed by atoms with E-state index in [1.54, 1.807) is 0 Å². The Hall–Kier alpha value is -0.0800. The van der Waals surface area contributed by atoms with Crippen LogP contribution in [0, 0.1) is 11.8 Å². The minimum Gasteiger partial charge on any atom is -0.330 e. The summed E-state index contributed by atoms with van der Waals surface area (Å²) in [6.45, 7) is 4.93. The quantitative estimate of drug-likeness (QED) is 0.716. The van der Waals surface area contributed by atoms with E-state index in [9.17, 15) is 0 Å². The number of nitrogens with two attached hydrogens (primary N) is 1. The molecular formula is C11H22N2. The van der Waals surface area contributed by atoms with E-state index in [1.807, 2.05) is 0 Å². The predicted molar refractivity (Wildman–Crippen MR) is 55.6 cm³/mol. The molecular weight excluding hydrogens is 160 g/mol. The van der Waals surface area contributed by atoms with Crippen molar-refractivity contribution >= 4 is 0 Å². The third-order valence-corrected chi connectivity index (χ3v) is 3.56. The molecule has 2 nitrogen and oxygen atoms in total. The van der Waals surface area contributed by atoms with Gasteiger partial charge in [-0.2, -0.15) is 0 Å². The lowest BCUT2D eigenvalue weighted by Crippen LogP contribution is -2.27. The number of hydrogen-bond acceptors (Lipinski definition) is 2. The molecule has 2 heteroatoms. The van der Waals surface area contributed by atoms with Gasteiger partial charge in [-0.05, 0) is 50.7 Å². The first-order valence-electron chi connectivity index (χ1n) is 5.82. The first-order valence-corrected chi connectivity index (χ1v) is 5.82. The largest absolute Gasteiger partial charge is 0.330 e. The summed E-state index contributed by atoms with van der Waals surface area (Å²) in [6.07, 6.45) is 7.12. The van der Waals surface area contributed by atoms with Crippen molar-refractivity contribution in [2.24, 2.45) is 17.6 Å². The van der Waals surface area contributed by atoms with Crippen molar-refractivity contribution in [3.8, 4) is 0 Å². The van der Waals surface area contributed by atoms with Crippen LogP contribution in [0.25, 0.3) is 0 Å². The summed E-state index contributed by atoms with van der Waals surface area (Å²) in [5, 5.41) is 0. The second kappa shape index (κ2) is 4.43. The predicted octanol–water partition coefficient (Wildman–Crippen LogP) is 1.46. The van der Waals surface area contributed by atoms with Crippen LogP contribution in [0.4, 0.5) is 0 Å². The van der Waals surface area contributed by atoms with Gasteiger partial charge in [0, 0.05) is 6.54 Å². The van der Waals surface area contributed by atoms with Crippen LogP contribution < -0.4 is 5.73 Å². The molecule has 0 radical (unpaired) electrons. The molecule has 76 valence electrons. The Morgan fingerprint density at radius 2 is 1.69 bits per heavy atom. The van der Waals surface area contributed by atoms with E-state index in [1.165, 1.54) is 51.7 Å². The van der Waals surface area contributed by atoms with Gasteiger partial charge in [0.1, 0.15) is 0 Å². The van der Waals surface area contributed by atoms with Gasteiger partial charge in [0.25, 0.3) is 0 Å².